The van der Waals surface area contributed by atoms with Gasteiger partial charge in [-0.3, -0.25) is 0 Å². The molecule has 1 N–H and O–H groups in total. The molecule has 19 heavy (non-hydrogen) atoms. The number of benzene rings is 1. The minimum Gasteiger partial charge on any atom is -0.307 e. The van der Waals surface area contributed by atoms with Gasteiger partial charge < -0.3 is 5.32 Å². The SMILES string of the molecule is O=S1(=O)CCC(NC2CCc3c(F)cccc32)CC1. The van der Waals surface area contributed by atoms with Crippen molar-refractivity contribution in [2.24, 2.45) is 0 Å². The van der Waals surface area contributed by atoms with E-state index in [4.69, 9.17) is 0 Å². The van der Waals surface area contributed by atoms with Gasteiger partial charge in [-0.15, -0.1) is 0 Å². The van der Waals surface area contributed by atoms with Gasteiger partial charge in [-0.25, -0.2) is 12.8 Å². The maximum atomic E-state index is 13.6. The van der Waals surface area contributed by atoms with Crippen LogP contribution in [0.2, 0.25) is 0 Å². The summed E-state index contributed by atoms with van der Waals surface area (Å²) in [6.45, 7) is 0. The van der Waals surface area contributed by atoms with Gasteiger partial charge in [-0.1, -0.05) is 12.1 Å². The first-order valence-electron chi connectivity index (χ1n) is 6.79. The van der Waals surface area contributed by atoms with E-state index in [2.05, 4.69) is 5.32 Å². The summed E-state index contributed by atoms with van der Waals surface area (Å²) in [6.07, 6.45) is 3.01. The lowest BCUT2D eigenvalue weighted by molar-refractivity contribution is 0.403. The Morgan fingerprint density at radius 2 is 1.89 bits per heavy atom. The Labute approximate surface area is 113 Å². The number of rotatable bonds is 2. The van der Waals surface area contributed by atoms with E-state index in [1.54, 1.807) is 6.07 Å². The summed E-state index contributed by atoms with van der Waals surface area (Å²) in [5.74, 6) is 0.425. The Balaban J connectivity index is 1.69. The van der Waals surface area contributed by atoms with Crippen molar-refractivity contribution < 1.29 is 12.8 Å². The predicted octanol–water partition coefficient (Wildman–Crippen LogP) is 1.98. The molecular weight excluding hydrogens is 265 g/mol. The first kappa shape index (κ1) is 13.1. The first-order chi connectivity index (χ1) is 9.05. The van der Waals surface area contributed by atoms with Gasteiger partial charge in [0.05, 0.1) is 11.5 Å². The van der Waals surface area contributed by atoms with E-state index in [9.17, 15) is 12.8 Å². The standard InChI is InChI=1S/C14H18FNO2S/c15-13-3-1-2-12-11(13)4-5-14(12)16-10-6-8-19(17,18)9-7-10/h1-3,10,14,16H,4-9H2. The van der Waals surface area contributed by atoms with Crippen molar-refractivity contribution in [2.75, 3.05) is 11.5 Å². The lowest BCUT2D eigenvalue weighted by Gasteiger charge is -2.27. The third kappa shape index (κ3) is 2.67. The van der Waals surface area contributed by atoms with Crippen LogP contribution in [0.25, 0.3) is 0 Å². The van der Waals surface area contributed by atoms with Crippen molar-refractivity contribution in [3.05, 3.63) is 35.1 Å². The quantitative estimate of drug-likeness (QED) is 0.903. The van der Waals surface area contributed by atoms with Gasteiger partial charge in [-0.2, -0.15) is 0 Å². The van der Waals surface area contributed by atoms with E-state index in [1.165, 1.54) is 6.07 Å². The van der Waals surface area contributed by atoms with E-state index < -0.39 is 9.84 Å². The fourth-order valence-electron chi connectivity index (χ4n) is 3.12. The van der Waals surface area contributed by atoms with Crippen molar-refractivity contribution >= 4 is 9.84 Å². The molecule has 5 heteroatoms. The maximum absolute atomic E-state index is 13.6. The van der Waals surface area contributed by atoms with Crippen LogP contribution in [-0.4, -0.2) is 26.0 Å². The number of nitrogens with one attached hydrogen (secondary N) is 1. The lowest BCUT2D eigenvalue weighted by Crippen LogP contribution is -2.39. The highest BCUT2D eigenvalue weighted by Crippen LogP contribution is 2.33. The van der Waals surface area contributed by atoms with Gasteiger partial charge in [0.25, 0.3) is 0 Å². The van der Waals surface area contributed by atoms with Crippen LogP contribution in [0.15, 0.2) is 18.2 Å². The zero-order chi connectivity index (χ0) is 13.5. The normalized spacial score (nSPS) is 26.3. The predicted molar refractivity (Wildman–Crippen MR) is 72.3 cm³/mol. The zero-order valence-corrected chi connectivity index (χ0v) is 11.5. The lowest BCUT2D eigenvalue weighted by atomic mass is 10.1. The second-order valence-corrected chi connectivity index (χ2v) is 7.80. The highest BCUT2D eigenvalue weighted by molar-refractivity contribution is 7.91. The second kappa shape index (κ2) is 4.87. The molecule has 2 aliphatic rings. The highest BCUT2D eigenvalue weighted by atomic mass is 32.2. The molecular formula is C14H18FNO2S. The monoisotopic (exact) mass is 283 g/mol. The number of fused-ring (bicyclic) bond motifs is 1. The van der Waals surface area contributed by atoms with Gasteiger partial charge >= 0.3 is 0 Å². The van der Waals surface area contributed by atoms with Crippen LogP contribution in [0, 0.1) is 5.82 Å². The summed E-state index contributed by atoms with van der Waals surface area (Å²) in [7, 11) is -2.82. The molecule has 1 atom stereocenters. The summed E-state index contributed by atoms with van der Waals surface area (Å²) in [4.78, 5) is 0. The van der Waals surface area contributed by atoms with Gasteiger partial charge in [0.2, 0.25) is 0 Å². The molecule has 1 aliphatic carbocycles. The molecule has 0 saturated carbocycles. The number of hydrogen-bond donors (Lipinski definition) is 1. The molecule has 0 radical (unpaired) electrons. The third-order valence-electron chi connectivity index (χ3n) is 4.21. The topological polar surface area (TPSA) is 46.2 Å². The summed E-state index contributed by atoms with van der Waals surface area (Å²) >= 11 is 0. The van der Waals surface area contributed by atoms with Crippen LogP contribution in [0.4, 0.5) is 4.39 Å². The molecule has 0 spiro atoms. The molecule has 1 aromatic carbocycles. The average Bonchev–Trinajstić information content (AvgIpc) is 2.77. The van der Waals surface area contributed by atoms with E-state index in [0.29, 0.717) is 12.8 Å². The molecule has 1 unspecified atom stereocenters. The minimum absolute atomic E-state index is 0.118. The van der Waals surface area contributed by atoms with Crippen LogP contribution < -0.4 is 5.32 Å². The zero-order valence-electron chi connectivity index (χ0n) is 10.7. The molecule has 104 valence electrons. The molecule has 3 nitrogen and oxygen atoms in total. The van der Waals surface area contributed by atoms with Crippen LogP contribution >= 0.6 is 0 Å². The van der Waals surface area contributed by atoms with Crippen molar-refractivity contribution in [1.29, 1.82) is 0 Å². The second-order valence-electron chi connectivity index (χ2n) is 5.49. The molecule has 1 aliphatic heterocycles. The molecule has 1 saturated heterocycles. The van der Waals surface area contributed by atoms with Crippen LogP contribution in [0.1, 0.15) is 36.4 Å². The number of halogens is 1. The van der Waals surface area contributed by atoms with Gasteiger partial charge in [0, 0.05) is 12.1 Å². The molecule has 0 bridgehead atoms. The summed E-state index contributed by atoms with van der Waals surface area (Å²) in [5, 5.41) is 3.51. The smallest absolute Gasteiger partial charge is 0.150 e. The number of hydrogen-bond acceptors (Lipinski definition) is 3. The first-order valence-corrected chi connectivity index (χ1v) is 8.61. The minimum atomic E-state index is -2.82. The van der Waals surface area contributed by atoms with E-state index in [-0.39, 0.29) is 29.4 Å². The van der Waals surface area contributed by atoms with Gasteiger partial charge in [0.15, 0.2) is 0 Å². The summed E-state index contributed by atoms with van der Waals surface area (Å²) in [5.41, 5.74) is 1.87. The molecule has 1 heterocycles. The number of sulfone groups is 1. The fraction of sp³-hybridized carbons (Fsp3) is 0.571. The Hall–Kier alpha value is -0.940. The van der Waals surface area contributed by atoms with Gasteiger partial charge in [0.1, 0.15) is 15.7 Å². The van der Waals surface area contributed by atoms with Crippen molar-refractivity contribution in [3.8, 4) is 0 Å². The summed E-state index contributed by atoms with van der Waals surface area (Å²) < 4.78 is 36.4. The van der Waals surface area contributed by atoms with E-state index in [1.807, 2.05) is 6.07 Å². The third-order valence-corrected chi connectivity index (χ3v) is 5.92. The van der Waals surface area contributed by atoms with Crippen molar-refractivity contribution in [2.45, 2.75) is 37.8 Å². The maximum Gasteiger partial charge on any atom is 0.150 e. The Kier molecular flexibility index (Phi) is 3.35. The molecule has 1 fully saturated rings. The van der Waals surface area contributed by atoms with Crippen molar-refractivity contribution in [1.82, 2.24) is 5.32 Å². The van der Waals surface area contributed by atoms with Gasteiger partial charge in [-0.05, 0) is 42.9 Å². The fourth-order valence-corrected chi connectivity index (χ4v) is 4.62. The molecule has 0 aromatic heterocycles. The Morgan fingerprint density at radius 1 is 1.16 bits per heavy atom. The molecule has 0 amide bonds. The summed E-state index contributed by atoms with van der Waals surface area (Å²) in [6, 6.07) is 5.65. The largest absolute Gasteiger partial charge is 0.307 e. The van der Waals surface area contributed by atoms with Crippen LogP contribution in [0.5, 0.6) is 0 Å². The van der Waals surface area contributed by atoms with Crippen LogP contribution in [0.3, 0.4) is 0 Å². The molecule has 1 aromatic rings. The molecule has 3 rings (SSSR count). The van der Waals surface area contributed by atoms with Crippen LogP contribution in [-0.2, 0) is 16.3 Å². The average molecular weight is 283 g/mol. The highest BCUT2D eigenvalue weighted by Gasteiger charge is 2.29. The van der Waals surface area contributed by atoms with E-state index in [0.717, 1.165) is 24.0 Å². The Bertz CT molecular complexity index is 571. The van der Waals surface area contributed by atoms with Crippen molar-refractivity contribution in [3.63, 3.8) is 0 Å². The Morgan fingerprint density at radius 3 is 2.63 bits per heavy atom. The van der Waals surface area contributed by atoms with E-state index >= 15 is 0 Å².